The molecule has 0 saturated carbocycles. The van der Waals surface area contributed by atoms with E-state index in [0.29, 0.717) is 19.0 Å². The van der Waals surface area contributed by atoms with Gasteiger partial charge in [-0.1, -0.05) is 30.3 Å². The lowest BCUT2D eigenvalue weighted by molar-refractivity contribution is -0.116. The molecule has 0 unspecified atom stereocenters. The van der Waals surface area contributed by atoms with Gasteiger partial charge in [-0.05, 0) is 42.0 Å². The zero-order valence-electron chi connectivity index (χ0n) is 15.2. The third-order valence-electron chi connectivity index (χ3n) is 4.54. The fourth-order valence-electron chi connectivity index (χ4n) is 3.09. The van der Waals surface area contributed by atoms with Crippen LogP contribution in [0.25, 0.3) is 10.8 Å². The zero-order chi connectivity index (χ0) is 18.6. The summed E-state index contributed by atoms with van der Waals surface area (Å²) in [6.07, 6.45) is 0.863. The SMILES string of the molecule is C[C@@H](Nc1ccc2c(c1)OCCCO2)C(=O)Nc1ccc2ccccc2c1. The normalized spacial score (nSPS) is 14.3. The fourth-order valence-corrected chi connectivity index (χ4v) is 3.09. The number of carbonyl (C=O) groups excluding carboxylic acids is 1. The second-order valence-corrected chi connectivity index (χ2v) is 6.63. The van der Waals surface area contributed by atoms with Crippen LogP contribution < -0.4 is 20.1 Å². The van der Waals surface area contributed by atoms with Crippen molar-refractivity contribution in [3.63, 3.8) is 0 Å². The zero-order valence-corrected chi connectivity index (χ0v) is 15.2. The lowest BCUT2D eigenvalue weighted by Gasteiger charge is -2.17. The summed E-state index contributed by atoms with van der Waals surface area (Å²) in [5.41, 5.74) is 1.60. The van der Waals surface area contributed by atoms with E-state index in [1.165, 1.54) is 0 Å². The largest absolute Gasteiger partial charge is 0.490 e. The molecule has 3 aromatic rings. The van der Waals surface area contributed by atoms with Gasteiger partial charge in [0.1, 0.15) is 6.04 Å². The van der Waals surface area contributed by atoms with Gasteiger partial charge in [0.25, 0.3) is 0 Å². The first-order valence-electron chi connectivity index (χ1n) is 9.15. The molecule has 5 nitrogen and oxygen atoms in total. The van der Waals surface area contributed by atoms with Gasteiger partial charge in [0, 0.05) is 23.9 Å². The molecule has 1 aliphatic heterocycles. The van der Waals surface area contributed by atoms with Gasteiger partial charge in [-0.2, -0.15) is 0 Å². The highest BCUT2D eigenvalue weighted by Crippen LogP contribution is 2.32. The predicted molar refractivity (Wildman–Crippen MR) is 108 cm³/mol. The molecule has 138 valence electrons. The average molecular weight is 362 g/mol. The second kappa shape index (κ2) is 7.58. The summed E-state index contributed by atoms with van der Waals surface area (Å²) >= 11 is 0. The lowest BCUT2D eigenvalue weighted by Crippen LogP contribution is -2.31. The molecule has 3 aromatic carbocycles. The smallest absolute Gasteiger partial charge is 0.246 e. The van der Waals surface area contributed by atoms with Crippen LogP contribution in [0.1, 0.15) is 13.3 Å². The van der Waals surface area contributed by atoms with E-state index in [0.717, 1.165) is 34.3 Å². The van der Waals surface area contributed by atoms with E-state index < -0.39 is 6.04 Å². The Morgan fingerprint density at radius 1 is 0.889 bits per heavy atom. The van der Waals surface area contributed by atoms with Crippen LogP contribution in [0.15, 0.2) is 60.7 Å². The number of anilines is 2. The fraction of sp³-hybridized carbons (Fsp3) is 0.227. The van der Waals surface area contributed by atoms with Crippen LogP contribution in [0.5, 0.6) is 11.5 Å². The number of ether oxygens (including phenoxy) is 2. The van der Waals surface area contributed by atoms with Crippen LogP contribution in [0, 0.1) is 0 Å². The monoisotopic (exact) mass is 362 g/mol. The van der Waals surface area contributed by atoms with E-state index in [1.807, 2.05) is 61.5 Å². The Morgan fingerprint density at radius 3 is 2.48 bits per heavy atom. The maximum absolute atomic E-state index is 12.6. The van der Waals surface area contributed by atoms with Crippen molar-refractivity contribution in [1.29, 1.82) is 0 Å². The molecule has 5 heteroatoms. The summed E-state index contributed by atoms with van der Waals surface area (Å²) in [5.74, 6) is 1.35. The molecule has 2 N–H and O–H groups in total. The van der Waals surface area contributed by atoms with Crippen LogP contribution in [0.4, 0.5) is 11.4 Å². The van der Waals surface area contributed by atoms with E-state index in [9.17, 15) is 4.79 Å². The molecule has 0 radical (unpaired) electrons. The molecule has 0 aromatic heterocycles. The topological polar surface area (TPSA) is 59.6 Å². The van der Waals surface area contributed by atoms with Crippen LogP contribution >= 0.6 is 0 Å². The molecule has 1 aliphatic rings. The van der Waals surface area contributed by atoms with Crippen molar-refractivity contribution in [3.8, 4) is 11.5 Å². The van der Waals surface area contributed by atoms with E-state index >= 15 is 0 Å². The van der Waals surface area contributed by atoms with Crippen molar-refractivity contribution in [2.75, 3.05) is 23.8 Å². The summed E-state index contributed by atoms with van der Waals surface area (Å²) in [7, 11) is 0. The quantitative estimate of drug-likeness (QED) is 0.720. The highest BCUT2D eigenvalue weighted by atomic mass is 16.5. The van der Waals surface area contributed by atoms with Gasteiger partial charge in [-0.15, -0.1) is 0 Å². The molecule has 1 amide bonds. The molecular formula is C22H22N2O3. The van der Waals surface area contributed by atoms with E-state index in [-0.39, 0.29) is 5.91 Å². The number of nitrogens with one attached hydrogen (secondary N) is 2. The molecule has 0 saturated heterocycles. The van der Waals surface area contributed by atoms with E-state index in [4.69, 9.17) is 9.47 Å². The van der Waals surface area contributed by atoms with Crippen LogP contribution in [0.3, 0.4) is 0 Å². The summed E-state index contributed by atoms with van der Waals surface area (Å²) < 4.78 is 11.3. The molecule has 4 rings (SSSR count). The number of amides is 1. The number of fused-ring (bicyclic) bond motifs is 2. The third-order valence-corrected chi connectivity index (χ3v) is 4.54. The molecule has 1 heterocycles. The van der Waals surface area contributed by atoms with Crippen molar-refractivity contribution in [1.82, 2.24) is 0 Å². The maximum atomic E-state index is 12.6. The Hall–Kier alpha value is -3.21. The van der Waals surface area contributed by atoms with Gasteiger partial charge in [0.2, 0.25) is 5.91 Å². The van der Waals surface area contributed by atoms with Crippen LogP contribution in [0.2, 0.25) is 0 Å². The standard InChI is InChI=1S/C22H22N2O3/c1-15(23-19-9-10-20-21(14-19)27-12-4-11-26-20)22(25)24-18-8-7-16-5-2-3-6-17(16)13-18/h2-3,5-10,13-15,23H,4,11-12H2,1H3,(H,24,25)/t15-/m1/s1. The summed E-state index contributed by atoms with van der Waals surface area (Å²) in [4.78, 5) is 12.6. The van der Waals surface area contributed by atoms with Gasteiger partial charge >= 0.3 is 0 Å². The van der Waals surface area contributed by atoms with Crippen molar-refractivity contribution in [2.24, 2.45) is 0 Å². The summed E-state index contributed by atoms with van der Waals surface area (Å²) in [6, 6.07) is 19.2. The second-order valence-electron chi connectivity index (χ2n) is 6.63. The van der Waals surface area contributed by atoms with Crippen molar-refractivity contribution < 1.29 is 14.3 Å². The Labute approximate surface area is 158 Å². The van der Waals surface area contributed by atoms with Gasteiger partial charge in [0.15, 0.2) is 11.5 Å². The van der Waals surface area contributed by atoms with Crippen molar-refractivity contribution >= 4 is 28.1 Å². The van der Waals surface area contributed by atoms with E-state index in [1.54, 1.807) is 0 Å². The minimum atomic E-state index is -0.402. The molecule has 0 aliphatic carbocycles. The van der Waals surface area contributed by atoms with Crippen molar-refractivity contribution in [2.45, 2.75) is 19.4 Å². The average Bonchev–Trinajstić information content (AvgIpc) is 2.93. The Kier molecular flexibility index (Phi) is 4.83. The van der Waals surface area contributed by atoms with Gasteiger partial charge in [-0.3, -0.25) is 4.79 Å². The molecule has 1 atom stereocenters. The first kappa shape index (κ1) is 17.2. The van der Waals surface area contributed by atoms with Gasteiger partial charge < -0.3 is 20.1 Å². The van der Waals surface area contributed by atoms with Gasteiger partial charge in [-0.25, -0.2) is 0 Å². The number of hydrogen-bond acceptors (Lipinski definition) is 4. The first-order chi connectivity index (χ1) is 13.2. The molecule has 0 fully saturated rings. The molecule has 27 heavy (non-hydrogen) atoms. The van der Waals surface area contributed by atoms with Gasteiger partial charge in [0.05, 0.1) is 13.2 Å². The lowest BCUT2D eigenvalue weighted by atomic mass is 10.1. The number of carbonyl (C=O) groups is 1. The van der Waals surface area contributed by atoms with E-state index in [2.05, 4.69) is 16.7 Å². The van der Waals surface area contributed by atoms with Crippen LogP contribution in [-0.4, -0.2) is 25.2 Å². The Morgan fingerprint density at radius 2 is 1.63 bits per heavy atom. The maximum Gasteiger partial charge on any atom is 0.246 e. The number of rotatable bonds is 4. The Balaban J connectivity index is 1.43. The minimum Gasteiger partial charge on any atom is -0.490 e. The number of hydrogen-bond donors (Lipinski definition) is 2. The highest BCUT2D eigenvalue weighted by Gasteiger charge is 2.15. The predicted octanol–water partition coefficient (Wildman–Crippen LogP) is 4.44. The first-order valence-corrected chi connectivity index (χ1v) is 9.15. The summed E-state index contributed by atoms with van der Waals surface area (Å²) in [5, 5.41) is 8.43. The molecule has 0 bridgehead atoms. The highest BCUT2D eigenvalue weighted by molar-refractivity contribution is 5.98. The van der Waals surface area contributed by atoms with Crippen molar-refractivity contribution in [3.05, 3.63) is 60.7 Å². The molecule has 0 spiro atoms. The Bertz CT molecular complexity index is 971. The van der Waals surface area contributed by atoms with Crippen LogP contribution in [-0.2, 0) is 4.79 Å². The third kappa shape index (κ3) is 3.97. The minimum absolute atomic E-state index is 0.0996. The summed E-state index contributed by atoms with van der Waals surface area (Å²) in [6.45, 7) is 3.12. The molecular weight excluding hydrogens is 340 g/mol. The number of benzene rings is 3.